The Labute approximate surface area is 74.8 Å². The van der Waals surface area contributed by atoms with Crippen LogP contribution in [0.25, 0.3) is 0 Å². The first kappa shape index (κ1) is 12.1. The smallest absolute Gasteiger partial charge is 0.271 e. The molecule has 0 aliphatic heterocycles. The molecule has 0 aromatic carbocycles. The van der Waals surface area contributed by atoms with Crippen molar-refractivity contribution >= 4 is 7.59 Å². The van der Waals surface area contributed by atoms with Crippen LogP contribution < -0.4 is 11.0 Å². The number of nitrogens with zero attached hydrogens (tertiary/aromatic N) is 1. The molecule has 0 aromatic heterocycles. The largest absolute Gasteiger partial charge is 0.276 e. The molecule has 0 aromatic rings. The maximum atomic E-state index is 11.1. The molecule has 0 aliphatic carbocycles. The van der Waals surface area contributed by atoms with Gasteiger partial charge in [0.15, 0.2) is 0 Å². The van der Waals surface area contributed by atoms with Crippen LogP contribution in [0.2, 0.25) is 0 Å². The first-order valence-corrected chi connectivity index (χ1v) is 6.17. The highest BCUT2D eigenvalue weighted by atomic mass is 31.2. The van der Waals surface area contributed by atoms with Crippen molar-refractivity contribution < 1.29 is 4.57 Å². The van der Waals surface area contributed by atoms with Crippen molar-refractivity contribution in [2.24, 2.45) is 11.0 Å². The van der Waals surface area contributed by atoms with Crippen molar-refractivity contribution in [1.29, 1.82) is 0 Å². The minimum Gasteiger partial charge on any atom is -0.271 e. The highest BCUT2D eigenvalue weighted by Gasteiger charge is 2.14. The van der Waals surface area contributed by atoms with Gasteiger partial charge >= 0.3 is 0 Å². The third kappa shape index (κ3) is 5.72. The van der Waals surface area contributed by atoms with Crippen LogP contribution in [0.1, 0.15) is 32.6 Å². The van der Waals surface area contributed by atoms with E-state index in [1.165, 1.54) is 12.8 Å². The Morgan fingerprint density at radius 1 is 1.25 bits per heavy atom. The van der Waals surface area contributed by atoms with Gasteiger partial charge in [0, 0.05) is 6.54 Å². The molecule has 0 rings (SSSR count). The molecule has 0 atom stereocenters. The maximum absolute atomic E-state index is 11.1. The third-order valence-electron chi connectivity index (χ3n) is 1.87. The zero-order valence-corrected chi connectivity index (χ0v) is 8.89. The van der Waals surface area contributed by atoms with Crippen molar-refractivity contribution in [3.8, 4) is 0 Å². The van der Waals surface area contributed by atoms with Crippen LogP contribution >= 0.6 is 7.59 Å². The van der Waals surface area contributed by atoms with Gasteiger partial charge in [-0.15, -0.1) is 0 Å². The van der Waals surface area contributed by atoms with Crippen LogP contribution in [0.3, 0.4) is 0 Å². The fourth-order valence-electron chi connectivity index (χ4n) is 0.924. The Morgan fingerprint density at radius 2 is 1.83 bits per heavy atom. The van der Waals surface area contributed by atoms with E-state index in [1.54, 1.807) is 11.7 Å². The summed E-state index contributed by atoms with van der Waals surface area (Å²) in [5.41, 5.74) is 10.5. The van der Waals surface area contributed by atoms with E-state index in [4.69, 9.17) is 11.0 Å². The summed E-state index contributed by atoms with van der Waals surface area (Å²) < 4.78 is 12.6. The summed E-state index contributed by atoms with van der Waals surface area (Å²) in [6.45, 7) is 2.88. The number of hydrogen-bond donors (Lipinski definition) is 2. The van der Waals surface area contributed by atoms with Gasteiger partial charge in [0.05, 0.1) is 0 Å². The summed E-state index contributed by atoms with van der Waals surface area (Å²) in [6.07, 6.45) is 4.59. The van der Waals surface area contributed by atoms with Crippen LogP contribution in [0, 0.1) is 0 Å². The van der Waals surface area contributed by atoms with E-state index >= 15 is 0 Å². The van der Waals surface area contributed by atoms with Crippen LogP contribution in [-0.4, -0.2) is 18.3 Å². The van der Waals surface area contributed by atoms with E-state index in [1.807, 2.05) is 0 Å². The average Bonchev–Trinajstić information content (AvgIpc) is 1.96. The van der Waals surface area contributed by atoms with E-state index in [9.17, 15) is 4.57 Å². The van der Waals surface area contributed by atoms with Crippen molar-refractivity contribution in [1.82, 2.24) is 4.67 Å². The van der Waals surface area contributed by atoms with Crippen molar-refractivity contribution in [2.45, 2.75) is 32.6 Å². The van der Waals surface area contributed by atoms with Crippen molar-refractivity contribution in [2.75, 3.05) is 13.6 Å². The van der Waals surface area contributed by atoms with E-state index in [0.717, 1.165) is 19.4 Å². The zero-order chi connectivity index (χ0) is 9.61. The monoisotopic (exact) mass is 193 g/mol. The lowest BCUT2D eigenvalue weighted by Crippen LogP contribution is -2.25. The molecule has 0 fully saturated rings. The van der Waals surface area contributed by atoms with Gasteiger partial charge in [-0.25, -0.2) is 4.67 Å². The topological polar surface area (TPSA) is 72.3 Å². The second-order valence-electron chi connectivity index (χ2n) is 3.11. The fraction of sp³-hybridized carbons (Fsp3) is 1.00. The van der Waals surface area contributed by atoms with Crippen molar-refractivity contribution in [3.05, 3.63) is 0 Å². The average molecular weight is 193 g/mol. The normalized spacial score (nSPS) is 12.4. The van der Waals surface area contributed by atoms with Crippen LogP contribution in [0.5, 0.6) is 0 Å². The lowest BCUT2D eigenvalue weighted by Gasteiger charge is -2.19. The minimum absolute atomic E-state index is 0.726. The summed E-state index contributed by atoms with van der Waals surface area (Å²) >= 11 is 0. The van der Waals surface area contributed by atoms with Gasteiger partial charge < -0.3 is 0 Å². The van der Waals surface area contributed by atoms with E-state index in [-0.39, 0.29) is 0 Å². The molecule has 0 bridgehead atoms. The van der Waals surface area contributed by atoms with E-state index in [0.29, 0.717) is 0 Å². The first-order valence-electron chi connectivity index (χ1n) is 4.37. The molecule has 0 aliphatic rings. The van der Waals surface area contributed by atoms with Crippen LogP contribution in [-0.2, 0) is 4.57 Å². The molecule has 0 saturated heterocycles. The lowest BCUT2D eigenvalue weighted by atomic mass is 10.2. The van der Waals surface area contributed by atoms with Gasteiger partial charge in [0.2, 0.25) is 0 Å². The summed E-state index contributed by atoms with van der Waals surface area (Å²) in [5, 5.41) is 0. The van der Waals surface area contributed by atoms with Crippen LogP contribution in [0.15, 0.2) is 0 Å². The van der Waals surface area contributed by atoms with Crippen molar-refractivity contribution in [3.63, 3.8) is 0 Å². The Balaban J connectivity index is 3.45. The number of nitrogens with two attached hydrogens (primary N) is 2. The zero-order valence-electron chi connectivity index (χ0n) is 7.99. The van der Waals surface area contributed by atoms with Gasteiger partial charge in [0.1, 0.15) is 0 Å². The van der Waals surface area contributed by atoms with Gasteiger partial charge in [-0.05, 0) is 13.5 Å². The minimum atomic E-state index is -2.97. The van der Waals surface area contributed by atoms with Gasteiger partial charge in [-0.1, -0.05) is 26.2 Å². The quantitative estimate of drug-likeness (QED) is 0.495. The molecule has 0 radical (unpaired) electrons. The molecule has 0 amide bonds. The summed E-state index contributed by atoms with van der Waals surface area (Å²) in [4.78, 5) is 0. The molecule has 4 nitrogen and oxygen atoms in total. The van der Waals surface area contributed by atoms with Gasteiger partial charge in [-0.3, -0.25) is 15.6 Å². The summed E-state index contributed by atoms with van der Waals surface area (Å²) in [7, 11) is -1.27. The second kappa shape index (κ2) is 5.70. The molecule has 0 spiro atoms. The Morgan fingerprint density at radius 3 is 2.25 bits per heavy atom. The highest BCUT2D eigenvalue weighted by molar-refractivity contribution is 7.56. The number of rotatable bonds is 6. The number of hydrogen-bond acceptors (Lipinski definition) is 1. The predicted molar refractivity (Wildman–Crippen MR) is 52.8 cm³/mol. The fourth-order valence-corrected chi connectivity index (χ4v) is 1.38. The SMILES string of the molecule is CCCCCCN(C)P(N)(N)=O. The molecule has 5 heteroatoms. The van der Waals surface area contributed by atoms with Gasteiger partial charge in [-0.2, -0.15) is 0 Å². The molecular weight excluding hydrogens is 173 g/mol. The third-order valence-corrected chi connectivity index (χ3v) is 3.14. The van der Waals surface area contributed by atoms with E-state index < -0.39 is 7.59 Å². The van der Waals surface area contributed by atoms with Gasteiger partial charge in [0.25, 0.3) is 7.59 Å². The summed E-state index contributed by atoms with van der Waals surface area (Å²) in [5.74, 6) is 0. The maximum Gasteiger partial charge on any atom is 0.276 e. The number of unbranched alkanes of at least 4 members (excludes halogenated alkanes) is 3. The molecule has 74 valence electrons. The Bertz CT molecular complexity index is 157. The highest BCUT2D eigenvalue weighted by Crippen LogP contribution is 2.29. The second-order valence-corrected chi connectivity index (χ2v) is 5.14. The molecule has 4 N–H and O–H groups in total. The lowest BCUT2D eigenvalue weighted by molar-refractivity contribution is 0.450. The predicted octanol–water partition coefficient (Wildman–Crippen LogP) is 1.52. The molecule has 0 saturated carbocycles. The molecule has 12 heavy (non-hydrogen) atoms. The first-order chi connectivity index (χ1) is 5.48. The molecule has 0 unspecified atom stereocenters. The molecular formula is C7H20N3OP. The summed E-state index contributed by atoms with van der Waals surface area (Å²) in [6, 6.07) is 0. The standard InChI is InChI=1S/C7H20N3OP/c1-3-4-5-6-7-10(2)12(8,9)11/h3-7H2,1-2H3,(H4,8,9,11). The van der Waals surface area contributed by atoms with E-state index in [2.05, 4.69) is 6.92 Å². The molecule has 0 heterocycles. The Hall–Kier alpha value is 0.110. The van der Waals surface area contributed by atoms with Crippen LogP contribution in [0.4, 0.5) is 0 Å². The Kier molecular flexibility index (Phi) is 5.76.